The minimum atomic E-state index is -0.292. The van der Waals surface area contributed by atoms with Crippen molar-refractivity contribution >= 4 is 5.97 Å². The van der Waals surface area contributed by atoms with Crippen molar-refractivity contribution in [1.82, 2.24) is 0 Å². The smallest absolute Gasteiger partial charge is 0.337 e. The summed E-state index contributed by atoms with van der Waals surface area (Å²) in [6.45, 7) is 0.685. The van der Waals surface area contributed by atoms with Crippen LogP contribution in [-0.4, -0.2) is 19.6 Å². The largest absolute Gasteiger partial charge is 0.465 e. The monoisotopic (exact) mass is 205 g/mol. The van der Waals surface area contributed by atoms with E-state index >= 15 is 0 Å². The van der Waals surface area contributed by atoms with Gasteiger partial charge < -0.3 is 10.5 Å². The predicted molar refractivity (Wildman–Crippen MR) is 57.7 cm³/mol. The van der Waals surface area contributed by atoms with Crippen molar-refractivity contribution in [3.8, 4) is 0 Å². The number of carbonyl (C=O) groups is 1. The second-order valence-corrected chi connectivity index (χ2v) is 4.05. The Labute approximate surface area is 89.2 Å². The van der Waals surface area contributed by atoms with Crippen LogP contribution in [0.25, 0.3) is 0 Å². The van der Waals surface area contributed by atoms with Crippen LogP contribution in [0.5, 0.6) is 0 Å². The Morgan fingerprint density at radius 1 is 1.40 bits per heavy atom. The number of esters is 1. The Balaban J connectivity index is 2.21. The van der Waals surface area contributed by atoms with Gasteiger partial charge in [-0.25, -0.2) is 4.79 Å². The van der Waals surface area contributed by atoms with Crippen molar-refractivity contribution in [3.05, 3.63) is 35.4 Å². The summed E-state index contributed by atoms with van der Waals surface area (Å²) in [5.74, 6) is -0.292. The van der Waals surface area contributed by atoms with E-state index in [9.17, 15) is 4.79 Å². The average Bonchev–Trinajstić information content (AvgIpc) is 3.09. The van der Waals surface area contributed by atoms with Crippen molar-refractivity contribution < 1.29 is 9.53 Å². The number of hydrogen-bond donors (Lipinski definition) is 1. The third-order valence-corrected chi connectivity index (χ3v) is 3.16. The van der Waals surface area contributed by atoms with Crippen molar-refractivity contribution in [2.75, 3.05) is 13.7 Å². The Morgan fingerprint density at radius 3 is 2.40 bits per heavy atom. The fraction of sp³-hybridized carbons (Fsp3) is 0.417. The predicted octanol–water partition coefficient (Wildman–Crippen LogP) is 1.46. The van der Waals surface area contributed by atoms with E-state index in [4.69, 9.17) is 5.73 Å². The molecule has 2 rings (SSSR count). The maximum Gasteiger partial charge on any atom is 0.337 e. The zero-order chi connectivity index (χ0) is 10.9. The third kappa shape index (κ3) is 1.75. The van der Waals surface area contributed by atoms with E-state index in [0.717, 1.165) is 12.8 Å². The summed E-state index contributed by atoms with van der Waals surface area (Å²) >= 11 is 0. The average molecular weight is 205 g/mol. The van der Waals surface area contributed by atoms with Crippen molar-refractivity contribution in [1.29, 1.82) is 0 Å². The Hall–Kier alpha value is -1.35. The molecule has 80 valence electrons. The normalized spacial score (nSPS) is 17.2. The summed E-state index contributed by atoms with van der Waals surface area (Å²) in [5, 5.41) is 0. The van der Waals surface area contributed by atoms with Gasteiger partial charge in [-0.3, -0.25) is 0 Å². The van der Waals surface area contributed by atoms with Crippen molar-refractivity contribution in [2.24, 2.45) is 5.73 Å². The number of benzene rings is 1. The summed E-state index contributed by atoms with van der Waals surface area (Å²) in [5.41, 5.74) is 7.75. The van der Waals surface area contributed by atoms with Gasteiger partial charge >= 0.3 is 5.97 Å². The van der Waals surface area contributed by atoms with E-state index in [0.29, 0.717) is 12.1 Å². The quantitative estimate of drug-likeness (QED) is 0.760. The minimum Gasteiger partial charge on any atom is -0.465 e. The molecule has 0 saturated heterocycles. The Bertz CT molecular complexity index is 366. The van der Waals surface area contributed by atoms with Gasteiger partial charge in [-0.05, 0) is 30.5 Å². The number of rotatable bonds is 3. The molecule has 1 aromatic carbocycles. The Kier molecular flexibility index (Phi) is 2.49. The highest BCUT2D eigenvalue weighted by atomic mass is 16.5. The first-order chi connectivity index (χ1) is 7.22. The second-order valence-electron chi connectivity index (χ2n) is 4.05. The molecule has 0 atom stereocenters. The highest BCUT2D eigenvalue weighted by Gasteiger charge is 2.42. The summed E-state index contributed by atoms with van der Waals surface area (Å²) in [6.07, 6.45) is 2.31. The van der Waals surface area contributed by atoms with E-state index in [1.807, 2.05) is 12.1 Å². The van der Waals surface area contributed by atoms with Crippen LogP contribution >= 0.6 is 0 Å². The summed E-state index contributed by atoms with van der Waals surface area (Å²) in [7, 11) is 1.39. The number of ether oxygens (including phenoxy) is 1. The fourth-order valence-electron chi connectivity index (χ4n) is 1.84. The molecule has 0 radical (unpaired) electrons. The standard InChI is InChI=1S/C12H15NO2/c1-15-11(14)9-2-4-10(5-3-9)12(8-13)6-7-12/h2-5H,6-8,13H2,1H3. The number of methoxy groups -OCH3 is 1. The first-order valence-corrected chi connectivity index (χ1v) is 5.11. The topological polar surface area (TPSA) is 52.3 Å². The molecule has 0 bridgehead atoms. The van der Waals surface area contributed by atoms with Crippen LogP contribution in [0.4, 0.5) is 0 Å². The molecule has 2 N–H and O–H groups in total. The lowest BCUT2D eigenvalue weighted by Crippen LogP contribution is -2.19. The van der Waals surface area contributed by atoms with E-state index in [-0.39, 0.29) is 11.4 Å². The van der Waals surface area contributed by atoms with Crippen LogP contribution in [0.3, 0.4) is 0 Å². The molecule has 1 aliphatic rings. The molecular formula is C12H15NO2. The number of hydrogen-bond acceptors (Lipinski definition) is 3. The lowest BCUT2D eigenvalue weighted by atomic mass is 9.95. The van der Waals surface area contributed by atoms with E-state index in [1.54, 1.807) is 12.1 Å². The molecule has 0 aromatic heterocycles. The van der Waals surface area contributed by atoms with E-state index in [2.05, 4.69) is 4.74 Å². The highest BCUT2D eigenvalue weighted by Crippen LogP contribution is 2.47. The van der Waals surface area contributed by atoms with E-state index < -0.39 is 0 Å². The van der Waals surface area contributed by atoms with Crippen LogP contribution in [0.15, 0.2) is 24.3 Å². The van der Waals surface area contributed by atoms with Gasteiger partial charge in [0, 0.05) is 12.0 Å². The second kappa shape index (κ2) is 3.66. The third-order valence-electron chi connectivity index (χ3n) is 3.16. The molecule has 1 saturated carbocycles. The van der Waals surface area contributed by atoms with Gasteiger partial charge in [0.2, 0.25) is 0 Å². The number of carbonyl (C=O) groups excluding carboxylic acids is 1. The molecule has 0 spiro atoms. The van der Waals surface area contributed by atoms with Gasteiger partial charge in [0.1, 0.15) is 0 Å². The van der Waals surface area contributed by atoms with Crippen molar-refractivity contribution in [2.45, 2.75) is 18.3 Å². The maximum absolute atomic E-state index is 11.2. The van der Waals surface area contributed by atoms with Gasteiger partial charge in [0.15, 0.2) is 0 Å². The summed E-state index contributed by atoms with van der Waals surface area (Å²) in [6, 6.07) is 7.56. The van der Waals surface area contributed by atoms with Gasteiger partial charge in [0.25, 0.3) is 0 Å². The first-order valence-electron chi connectivity index (χ1n) is 5.11. The van der Waals surface area contributed by atoms with Crippen LogP contribution in [0.1, 0.15) is 28.8 Å². The zero-order valence-electron chi connectivity index (χ0n) is 8.82. The minimum absolute atomic E-state index is 0.189. The molecule has 0 amide bonds. The maximum atomic E-state index is 11.2. The van der Waals surface area contributed by atoms with Crippen LogP contribution in [0, 0.1) is 0 Å². The van der Waals surface area contributed by atoms with Crippen molar-refractivity contribution in [3.63, 3.8) is 0 Å². The molecule has 0 heterocycles. The summed E-state index contributed by atoms with van der Waals surface area (Å²) in [4.78, 5) is 11.2. The molecule has 3 nitrogen and oxygen atoms in total. The summed E-state index contributed by atoms with van der Waals surface area (Å²) < 4.78 is 4.64. The lowest BCUT2D eigenvalue weighted by Gasteiger charge is -2.12. The molecule has 0 unspecified atom stereocenters. The van der Waals surface area contributed by atoms with Crippen LogP contribution in [-0.2, 0) is 10.2 Å². The van der Waals surface area contributed by atoms with E-state index in [1.165, 1.54) is 12.7 Å². The van der Waals surface area contributed by atoms with Gasteiger partial charge in [-0.1, -0.05) is 12.1 Å². The van der Waals surface area contributed by atoms with Crippen LogP contribution in [0.2, 0.25) is 0 Å². The first kappa shape index (κ1) is 10.2. The molecular weight excluding hydrogens is 190 g/mol. The van der Waals surface area contributed by atoms with Gasteiger partial charge in [-0.2, -0.15) is 0 Å². The fourth-order valence-corrected chi connectivity index (χ4v) is 1.84. The zero-order valence-corrected chi connectivity index (χ0v) is 8.82. The Morgan fingerprint density at radius 2 is 2.00 bits per heavy atom. The van der Waals surface area contributed by atoms with Gasteiger partial charge in [-0.15, -0.1) is 0 Å². The molecule has 1 aromatic rings. The molecule has 0 aliphatic heterocycles. The number of nitrogens with two attached hydrogens (primary N) is 1. The van der Waals surface area contributed by atoms with Crippen LogP contribution < -0.4 is 5.73 Å². The SMILES string of the molecule is COC(=O)c1ccc(C2(CN)CC2)cc1. The molecule has 15 heavy (non-hydrogen) atoms. The lowest BCUT2D eigenvalue weighted by molar-refractivity contribution is 0.0600. The molecule has 3 heteroatoms. The van der Waals surface area contributed by atoms with Gasteiger partial charge in [0.05, 0.1) is 12.7 Å². The molecule has 1 fully saturated rings. The molecule has 1 aliphatic carbocycles. The highest BCUT2D eigenvalue weighted by molar-refractivity contribution is 5.89.